The third kappa shape index (κ3) is 3.77. The van der Waals surface area contributed by atoms with Crippen LogP contribution in [-0.4, -0.2) is 33.7 Å². The molecular formula is C24H25ClO5. The summed E-state index contributed by atoms with van der Waals surface area (Å²) in [4.78, 5) is 12.0. The minimum Gasteiger partial charge on any atom is -0.497 e. The van der Waals surface area contributed by atoms with E-state index >= 15 is 0 Å². The molecule has 0 saturated heterocycles. The van der Waals surface area contributed by atoms with Crippen molar-refractivity contribution in [2.45, 2.75) is 13.8 Å². The molecule has 0 amide bonds. The fourth-order valence-electron chi connectivity index (χ4n) is 3.87. The minimum absolute atomic E-state index is 0.396. The van der Waals surface area contributed by atoms with Crippen LogP contribution in [0.1, 0.15) is 30.5 Å². The van der Waals surface area contributed by atoms with Gasteiger partial charge in [-0.25, -0.2) is 0 Å². The van der Waals surface area contributed by atoms with E-state index in [1.165, 1.54) is 0 Å². The second-order valence-corrected chi connectivity index (χ2v) is 7.37. The summed E-state index contributed by atoms with van der Waals surface area (Å²) in [5.74, 6) is 1.96. The van der Waals surface area contributed by atoms with Gasteiger partial charge in [0, 0.05) is 0 Å². The molecule has 0 heterocycles. The molecule has 3 rings (SSSR count). The molecular weight excluding hydrogens is 404 g/mol. The number of benzene rings is 2. The first-order valence-corrected chi connectivity index (χ1v) is 9.85. The highest BCUT2D eigenvalue weighted by molar-refractivity contribution is 6.64. The summed E-state index contributed by atoms with van der Waals surface area (Å²) in [5, 5.41) is -0.396. The number of hydrogen-bond donors (Lipinski definition) is 0. The van der Waals surface area contributed by atoms with Crippen molar-refractivity contribution in [1.82, 2.24) is 0 Å². The first-order valence-electron chi connectivity index (χ1n) is 9.47. The van der Waals surface area contributed by atoms with E-state index in [0.717, 1.165) is 39.2 Å². The molecule has 6 heteroatoms. The number of rotatable bonds is 7. The molecule has 2 aromatic rings. The second kappa shape index (κ2) is 8.84. The number of carbonyl (C=O) groups is 1. The summed E-state index contributed by atoms with van der Waals surface area (Å²) >= 11 is 5.86. The molecule has 1 aliphatic carbocycles. The van der Waals surface area contributed by atoms with E-state index in [1.807, 2.05) is 50.3 Å². The Morgan fingerprint density at radius 1 is 0.933 bits per heavy atom. The number of ether oxygens (including phenoxy) is 4. The third-order valence-corrected chi connectivity index (χ3v) is 5.71. The van der Waals surface area contributed by atoms with Crippen LogP contribution in [-0.2, 0) is 4.79 Å². The van der Waals surface area contributed by atoms with Crippen molar-refractivity contribution in [2.24, 2.45) is 5.92 Å². The van der Waals surface area contributed by atoms with Gasteiger partial charge in [-0.15, -0.1) is 0 Å². The van der Waals surface area contributed by atoms with Crippen molar-refractivity contribution in [1.29, 1.82) is 0 Å². The van der Waals surface area contributed by atoms with Crippen LogP contribution < -0.4 is 18.9 Å². The molecule has 1 aliphatic rings. The SMILES string of the molecule is COc1ccc2c(c1)C(C(C)C(=O)Cl)=C(C)C2=Cc1cc(OC)c(OC)c(OC)c1. The average Bonchev–Trinajstić information content (AvgIpc) is 3.02. The average molecular weight is 429 g/mol. The van der Waals surface area contributed by atoms with Gasteiger partial charge < -0.3 is 18.9 Å². The Balaban J connectivity index is 2.23. The highest BCUT2D eigenvalue weighted by Gasteiger charge is 2.30. The summed E-state index contributed by atoms with van der Waals surface area (Å²) in [6, 6.07) is 9.63. The lowest BCUT2D eigenvalue weighted by molar-refractivity contribution is -0.113. The van der Waals surface area contributed by atoms with Gasteiger partial charge in [-0.05, 0) is 82.3 Å². The van der Waals surface area contributed by atoms with E-state index in [-0.39, 0.29) is 0 Å². The maximum atomic E-state index is 12.0. The number of fused-ring (bicyclic) bond motifs is 1. The van der Waals surface area contributed by atoms with Crippen molar-refractivity contribution in [2.75, 3.05) is 28.4 Å². The van der Waals surface area contributed by atoms with Crippen molar-refractivity contribution in [3.8, 4) is 23.0 Å². The lowest BCUT2D eigenvalue weighted by Gasteiger charge is -2.13. The zero-order chi connectivity index (χ0) is 22.0. The Bertz CT molecular complexity index is 1030. The number of methoxy groups -OCH3 is 4. The molecule has 5 nitrogen and oxygen atoms in total. The summed E-state index contributed by atoms with van der Waals surface area (Å²) in [6.07, 6.45) is 2.05. The van der Waals surface area contributed by atoms with E-state index in [9.17, 15) is 4.79 Å². The molecule has 0 fully saturated rings. The van der Waals surface area contributed by atoms with Crippen molar-refractivity contribution in [3.63, 3.8) is 0 Å². The van der Waals surface area contributed by atoms with Gasteiger partial charge in [-0.1, -0.05) is 13.0 Å². The molecule has 0 aromatic heterocycles. The Labute approximate surface area is 181 Å². The van der Waals surface area contributed by atoms with Crippen LogP contribution in [0.3, 0.4) is 0 Å². The predicted molar refractivity (Wildman–Crippen MR) is 120 cm³/mol. The van der Waals surface area contributed by atoms with Gasteiger partial charge in [0.15, 0.2) is 11.5 Å². The lowest BCUT2D eigenvalue weighted by atomic mass is 9.94. The Morgan fingerprint density at radius 2 is 1.57 bits per heavy atom. The monoisotopic (exact) mass is 428 g/mol. The third-order valence-electron chi connectivity index (χ3n) is 5.39. The number of halogens is 1. The van der Waals surface area contributed by atoms with Gasteiger partial charge in [-0.3, -0.25) is 4.79 Å². The number of allylic oxidation sites excluding steroid dienone is 3. The van der Waals surface area contributed by atoms with Crippen LogP contribution in [0.25, 0.3) is 17.2 Å². The van der Waals surface area contributed by atoms with Crippen molar-refractivity contribution < 1.29 is 23.7 Å². The van der Waals surface area contributed by atoms with Crippen LogP contribution >= 0.6 is 11.6 Å². The molecule has 0 saturated carbocycles. The van der Waals surface area contributed by atoms with Gasteiger partial charge >= 0.3 is 0 Å². The summed E-state index contributed by atoms with van der Waals surface area (Å²) in [5.41, 5.74) is 5.75. The topological polar surface area (TPSA) is 54.0 Å². The summed E-state index contributed by atoms with van der Waals surface area (Å²) < 4.78 is 21.8. The van der Waals surface area contributed by atoms with Crippen LogP contribution in [0.5, 0.6) is 23.0 Å². The highest BCUT2D eigenvalue weighted by Crippen LogP contribution is 2.47. The normalized spacial score (nSPS) is 15.1. The first-order chi connectivity index (χ1) is 14.4. The van der Waals surface area contributed by atoms with Gasteiger partial charge in [0.1, 0.15) is 5.75 Å². The maximum absolute atomic E-state index is 12.0. The first kappa shape index (κ1) is 21.8. The maximum Gasteiger partial charge on any atom is 0.228 e. The van der Waals surface area contributed by atoms with Crippen molar-refractivity contribution >= 4 is 34.1 Å². The molecule has 0 radical (unpaired) electrons. The van der Waals surface area contributed by atoms with Crippen LogP contribution in [0.4, 0.5) is 0 Å². The van der Waals surface area contributed by atoms with E-state index < -0.39 is 11.2 Å². The van der Waals surface area contributed by atoms with Crippen LogP contribution in [0, 0.1) is 5.92 Å². The molecule has 2 aromatic carbocycles. The Morgan fingerprint density at radius 3 is 2.07 bits per heavy atom. The predicted octanol–water partition coefficient (Wildman–Crippen LogP) is 5.45. The number of carbonyl (C=O) groups excluding carboxylic acids is 1. The quantitative estimate of drug-likeness (QED) is 0.549. The minimum atomic E-state index is -0.441. The fourth-order valence-corrected chi connectivity index (χ4v) is 3.98. The molecule has 158 valence electrons. The van der Waals surface area contributed by atoms with Gasteiger partial charge in [0.25, 0.3) is 0 Å². The van der Waals surface area contributed by atoms with Gasteiger partial charge in [0.2, 0.25) is 11.0 Å². The molecule has 0 aliphatic heterocycles. The molecule has 1 atom stereocenters. The molecule has 0 bridgehead atoms. The van der Waals surface area contributed by atoms with E-state index in [0.29, 0.717) is 17.2 Å². The van der Waals surface area contributed by atoms with Gasteiger partial charge in [-0.2, -0.15) is 0 Å². The largest absolute Gasteiger partial charge is 0.497 e. The van der Waals surface area contributed by atoms with Crippen molar-refractivity contribution in [3.05, 3.63) is 52.6 Å². The summed E-state index contributed by atoms with van der Waals surface area (Å²) in [6.45, 7) is 3.82. The number of hydrogen-bond acceptors (Lipinski definition) is 5. The second-order valence-electron chi connectivity index (χ2n) is 6.99. The molecule has 0 spiro atoms. The van der Waals surface area contributed by atoms with E-state index in [2.05, 4.69) is 0 Å². The zero-order valence-electron chi connectivity index (χ0n) is 18.0. The molecule has 0 N–H and O–H groups in total. The van der Waals surface area contributed by atoms with E-state index in [1.54, 1.807) is 28.4 Å². The smallest absolute Gasteiger partial charge is 0.228 e. The van der Waals surface area contributed by atoms with Crippen LogP contribution in [0.2, 0.25) is 0 Å². The Kier molecular flexibility index (Phi) is 6.42. The fraction of sp³-hybridized carbons (Fsp3) is 0.292. The standard InChI is InChI=1S/C24H25ClO5/c1-13-18(9-15-10-20(28-4)23(30-6)21(11-15)29-5)17-8-7-16(27-3)12-19(17)22(13)14(2)24(25)26/h7-12,14H,1-6H3. The lowest BCUT2D eigenvalue weighted by Crippen LogP contribution is -2.06. The summed E-state index contributed by atoms with van der Waals surface area (Å²) in [7, 11) is 6.36. The molecule has 30 heavy (non-hydrogen) atoms. The Hall–Kier alpha value is -2.92. The molecule has 1 unspecified atom stereocenters. The van der Waals surface area contributed by atoms with Crippen LogP contribution in [0.15, 0.2) is 35.9 Å². The zero-order valence-corrected chi connectivity index (χ0v) is 18.7. The van der Waals surface area contributed by atoms with Gasteiger partial charge in [0.05, 0.1) is 34.4 Å². The highest BCUT2D eigenvalue weighted by atomic mass is 35.5. The van der Waals surface area contributed by atoms with E-state index in [4.69, 9.17) is 30.5 Å².